The summed E-state index contributed by atoms with van der Waals surface area (Å²) in [6.45, 7) is 4.37. The van der Waals surface area contributed by atoms with Gasteiger partial charge >= 0.3 is 0 Å². The van der Waals surface area contributed by atoms with Gasteiger partial charge in [-0.05, 0) is 38.3 Å². The molecule has 3 atom stereocenters. The van der Waals surface area contributed by atoms with E-state index in [0.717, 1.165) is 37.2 Å². The van der Waals surface area contributed by atoms with Crippen LogP contribution in [-0.2, 0) is 0 Å². The highest BCUT2D eigenvalue weighted by atomic mass is 16.5. The van der Waals surface area contributed by atoms with E-state index in [0.29, 0.717) is 5.92 Å². The topological polar surface area (TPSA) is 58.7 Å². The lowest BCUT2D eigenvalue weighted by Crippen LogP contribution is -2.38. The summed E-state index contributed by atoms with van der Waals surface area (Å²) >= 11 is 0. The van der Waals surface area contributed by atoms with Crippen LogP contribution in [0.25, 0.3) is 0 Å². The Bertz CT molecular complexity index is 423. The van der Waals surface area contributed by atoms with Crippen LogP contribution in [0.15, 0.2) is 24.3 Å². The van der Waals surface area contributed by atoms with E-state index < -0.39 is 0 Å². The molecule has 4 nitrogen and oxygen atoms in total. The zero-order valence-electron chi connectivity index (χ0n) is 12.5. The van der Waals surface area contributed by atoms with Crippen LogP contribution in [0.5, 0.6) is 5.75 Å². The Hall–Kier alpha value is -1.10. The van der Waals surface area contributed by atoms with Crippen LogP contribution in [0.3, 0.4) is 0 Å². The first-order valence-electron chi connectivity index (χ1n) is 7.40. The Morgan fingerprint density at radius 1 is 1.45 bits per heavy atom. The third-order valence-corrected chi connectivity index (χ3v) is 4.20. The summed E-state index contributed by atoms with van der Waals surface area (Å²) in [6.07, 6.45) is 2.02. The van der Waals surface area contributed by atoms with Gasteiger partial charge in [-0.1, -0.05) is 18.2 Å². The number of hydrogen-bond acceptors (Lipinski definition) is 4. The molecule has 0 spiro atoms. The van der Waals surface area contributed by atoms with Gasteiger partial charge in [0, 0.05) is 24.8 Å². The Morgan fingerprint density at radius 2 is 2.20 bits per heavy atom. The van der Waals surface area contributed by atoms with Gasteiger partial charge in [-0.3, -0.25) is 4.90 Å². The molecule has 2 rings (SSSR count). The van der Waals surface area contributed by atoms with Crippen molar-refractivity contribution in [2.45, 2.75) is 31.8 Å². The molecule has 1 aliphatic heterocycles. The van der Waals surface area contributed by atoms with E-state index in [1.807, 2.05) is 18.2 Å². The lowest BCUT2D eigenvalue weighted by atomic mass is 9.98. The SMILES string of the molecule is COc1ccccc1C(C(C)N)N1CCC(CCO)C1. The number of nitrogens with two attached hydrogens (primary N) is 1. The van der Waals surface area contributed by atoms with Gasteiger partial charge in [-0.25, -0.2) is 0 Å². The number of nitrogens with zero attached hydrogens (tertiary/aromatic N) is 1. The van der Waals surface area contributed by atoms with Crippen molar-refractivity contribution in [2.75, 3.05) is 26.8 Å². The first-order chi connectivity index (χ1) is 9.67. The molecule has 112 valence electrons. The smallest absolute Gasteiger partial charge is 0.123 e. The Labute approximate surface area is 121 Å². The molecule has 1 fully saturated rings. The highest BCUT2D eigenvalue weighted by molar-refractivity contribution is 5.36. The number of para-hydroxylation sites is 1. The average molecular weight is 278 g/mol. The van der Waals surface area contributed by atoms with E-state index in [4.69, 9.17) is 15.6 Å². The molecular formula is C16H26N2O2. The zero-order valence-corrected chi connectivity index (χ0v) is 12.5. The minimum atomic E-state index is 0.0409. The Morgan fingerprint density at radius 3 is 2.85 bits per heavy atom. The fraction of sp³-hybridized carbons (Fsp3) is 0.625. The van der Waals surface area contributed by atoms with Crippen LogP contribution in [0, 0.1) is 5.92 Å². The normalized spacial score (nSPS) is 22.7. The molecule has 0 aromatic heterocycles. The number of hydrogen-bond donors (Lipinski definition) is 2. The van der Waals surface area contributed by atoms with Crippen molar-refractivity contribution >= 4 is 0 Å². The van der Waals surface area contributed by atoms with E-state index in [1.54, 1.807) is 7.11 Å². The van der Waals surface area contributed by atoms with Gasteiger partial charge in [0.1, 0.15) is 5.75 Å². The maximum absolute atomic E-state index is 9.10. The highest BCUT2D eigenvalue weighted by Gasteiger charge is 2.32. The minimum Gasteiger partial charge on any atom is -0.496 e. The molecule has 4 heteroatoms. The van der Waals surface area contributed by atoms with Crippen molar-refractivity contribution in [2.24, 2.45) is 11.7 Å². The van der Waals surface area contributed by atoms with Gasteiger partial charge in [-0.15, -0.1) is 0 Å². The number of benzene rings is 1. The largest absolute Gasteiger partial charge is 0.496 e. The molecule has 0 aliphatic carbocycles. The summed E-state index contributed by atoms with van der Waals surface area (Å²) in [6, 6.07) is 8.33. The Kier molecular flexibility index (Phi) is 5.40. The van der Waals surface area contributed by atoms with Crippen LogP contribution in [-0.4, -0.2) is 42.9 Å². The van der Waals surface area contributed by atoms with Crippen LogP contribution in [0.1, 0.15) is 31.4 Å². The van der Waals surface area contributed by atoms with Crippen LogP contribution in [0.2, 0.25) is 0 Å². The molecule has 1 aromatic rings. The third-order valence-electron chi connectivity index (χ3n) is 4.20. The van der Waals surface area contributed by atoms with Crippen molar-refractivity contribution in [3.63, 3.8) is 0 Å². The van der Waals surface area contributed by atoms with Crippen LogP contribution in [0.4, 0.5) is 0 Å². The Balaban J connectivity index is 2.20. The van der Waals surface area contributed by atoms with Crippen LogP contribution >= 0.6 is 0 Å². The van der Waals surface area contributed by atoms with Gasteiger partial charge in [0.2, 0.25) is 0 Å². The maximum atomic E-state index is 9.10. The number of aliphatic hydroxyl groups excluding tert-OH is 1. The number of rotatable bonds is 6. The van der Waals surface area contributed by atoms with E-state index in [1.165, 1.54) is 0 Å². The molecule has 1 aliphatic rings. The van der Waals surface area contributed by atoms with Gasteiger partial charge in [0.15, 0.2) is 0 Å². The van der Waals surface area contributed by atoms with E-state index >= 15 is 0 Å². The molecule has 0 bridgehead atoms. The second kappa shape index (κ2) is 7.07. The van der Waals surface area contributed by atoms with Crippen molar-refractivity contribution in [3.8, 4) is 5.75 Å². The molecule has 1 aromatic carbocycles. The first-order valence-corrected chi connectivity index (χ1v) is 7.40. The zero-order chi connectivity index (χ0) is 14.5. The van der Waals surface area contributed by atoms with Gasteiger partial charge in [-0.2, -0.15) is 0 Å². The van der Waals surface area contributed by atoms with Crippen molar-refractivity contribution in [1.82, 2.24) is 4.90 Å². The predicted octanol–water partition coefficient (Wildman–Crippen LogP) is 1.79. The van der Waals surface area contributed by atoms with Crippen molar-refractivity contribution < 1.29 is 9.84 Å². The predicted molar refractivity (Wildman–Crippen MR) is 80.8 cm³/mol. The molecule has 0 amide bonds. The first kappa shape index (κ1) is 15.3. The van der Waals surface area contributed by atoms with Crippen molar-refractivity contribution in [3.05, 3.63) is 29.8 Å². The lowest BCUT2D eigenvalue weighted by Gasteiger charge is -2.32. The monoisotopic (exact) mass is 278 g/mol. The van der Waals surface area contributed by atoms with E-state index in [2.05, 4.69) is 17.9 Å². The fourth-order valence-corrected chi connectivity index (χ4v) is 3.26. The quantitative estimate of drug-likeness (QED) is 0.833. The standard InChI is InChI=1S/C16H26N2O2/c1-12(17)16(14-5-3-4-6-15(14)20-2)18-9-7-13(11-18)8-10-19/h3-6,12-13,16,19H,7-11,17H2,1-2H3. The van der Waals surface area contributed by atoms with E-state index in [9.17, 15) is 0 Å². The third kappa shape index (κ3) is 3.32. The molecular weight excluding hydrogens is 252 g/mol. The lowest BCUT2D eigenvalue weighted by molar-refractivity contribution is 0.197. The highest BCUT2D eigenvalue weighted by Crippen LogP contribution is 2.35. The number of ether oxygens (including phenoxy) is 1. The second-order valence-electron chi connectivity index (χ2n) is 5.71. The molecule has 1 heterocycles. The summed E-state index contributed by atoms with van der Waals surface area (Å²) in [5, 5.41) is 9.10. The molecule has 3 unspecified atom stereocenters. The number of likely N-dealkylation sites (tertiary alicyclic amines) is 1. The molecule has 3 N–H and O–H groups in total. The van der Waals surface area contributed by atoms with Gasteiger partial charge < -0.3 is 15.6 Å². The fourth-order valence-electron chi connectivity index (χ4n) is 3.26. The molecule has 0 radical (unpaired) electrons. The number of methoxy groups -OCH3 is 1. The molecule has 1 saturated heterocycles. The second-order valence-corrected chi connectivity index (χ2v) is 5.71. The maximum Gasteiger partial charge on any atom is 0.123 e. The van der Waals surface area contributed by atoms with Crippen molar-refractivity contribution in [1.29, 1.82) is 0 Å². The summed E-state index contributed by atoms with van der Waals surface area (Å²) in [7, 11) is 1.70. The summed E-state index contributed by atoms with van der Waals surface area (Å²) < 4.78 is 5.49. The number of aliphatic hydroxyl groups is 1. The summed E-state index contributed by atoms with van der Waals surface area (Å²) in [5.41, 5.74) is 7.41. The minimum absolute atomic E-state index is 0.0409. The molecule has 0 saturated carbocycles. The average Bonchev–Trinajstić information content (AvgIpc) is 2.88. The van der Waals surface area contributed by atoms with Gasteiger partial charge in [0.05, 0.1) is 13.2 Å². The molecule has 20 heavy (non-hydrogen) atoms. The van der Waals surface area contributed by atoms with E-state index in [-0.39, 0.29) is 18.7 Å². The van der Waals surface area contributed by atoms with Gasteiger partial charge in [0.25, 0.3) is 0 Å². The van der Waals surface area contributed by atoms with Crippen LogP contribution < -0.4 is 10.5 Å². The summed E-state index contributed by atoms with van der Waals surface area (Å²) in [5.74, 6) is 1.48. The summed E-state index contributed by atoms with van der Waals surface area (Å²) in [4.78, 5) is 2.43.